The fourth-order valence-electron chi connectivity index (χ4n) is 1.15. The number of aliphatic carboxylic acids is 1. The molecule has 7 heteroatoms. The zero-order valence-electron chi connectivity index (χ0n) is 9.08. The predicted molar refractivity (Wildman–Crippen MR) is 55.9 cm³/mol. The zero-order valence-corrected chi connectivity index (χ0v) is 9.08. The van der Waals surface area contributed by atoms with Crippen LogP contribution in [0.3, 0.4) is 0 Å². The van der Waals surface area contributed by atoms with Crippen molar-refractivity contribution in [1.29, 1.82) is 0 Å². The molecule has 2 heterocycles. The summed E-state index contributed by atoms with van der Waals surface area (Å²) in [7, 11) is 0. The Hall–Kier alpha value is -2.15. The first kappa shape index (κ1) is 11.3. The second-order valence-corrected chi connectivity index (χ2v) is 3.42. The van der Waals surface area contributed by atoms with Gasteiger partial charge in [0.2, 0.25) is 5.89 Å². The van der Waals surface area contributed by atoms with Gasteiger partial charge in [-0.3, -0.25) is 10.1 Å². The van der Waals surface area contributed by atoms with Crippen molar-refractivity contribution in [1.82, 2.24) is 15.5 Å². The van der Waals surface area contributed by atoms with E-state index in [1.807, 2.05) is 0 Å². The molecule has 0 fully saturated rings. The molecule has 0 aliphatic carbocycles. The van der Waals surface area contributed by atoms with E-state index in [4.69, 9.17) is 13.9 Å². The lowest BCUT2D eigenvalue weighted by atomic mass is 10.3. The molecule has 0 unspecified atom stereocenters. The molecule has 2 aromatic heterocycles. The summed E-state index contributed by atoms with van der Waals surface area (Å²) < 4.78 is 10.4. The van der Waals surface area contributed by atoms with E-state index in [-0.39, 0.29) is 12.4 Å². The highest BCUT2D eigenvalue weighted by atomic mass is 16.4. The van der Waals surface area contributed by atoms with E-state index in [9.17, 15) is 4.79 Å². The van der Waals surface area contributed by atoms with E-state index in [1.165, 1.54) is 13.2 Å². The topological polar surface area (TPSA) is 101 Å². The third-order valence-electron chi connectivity index (χ3n) is 2.13. The Morgan fingerprint density at radius 3 is 3.06 bits per heavy atom. The Bertz CT molecular complexity index is 491. The molecule has 0 aliphatic heterocycles. The van der Waals surface area contributed by atoms with Gasteiger partial charge < -0.3 is 13.9 Å². The maximum Gasteiger partial charge on any atom is 0.320 e. The molecule has 0 saturated heterocycles. The summed E-state index contributed by atoms with van der Waals surface area (Å²) >= 11 is 0. The number of carboxylic acid groups (broad SMARTS) is 1. The molecule has 1 atom stereocenters. The molecule has 90 valence electrons. The summed E-state index contributed by atoms with van der Waals surface area (Å²) in [5.74, 6) is 0.130. The summed E-state index contributed by atoms with van der Waals surface area (Å²) in [5.41, 5.74) is 0. The minimum absolute atomic E-state index is 0.196. The van der Waals surface area contributed by atoms with Crippen LogP contribution < -0.4 is 5.32 Å². The Balaban J connectivity index is 1.97. The van der Waals surface area contributed by atoms with Crippen molar-refractivity contribution in [2.45, 2.75) is 19.5 Å². The molecule has 7 nitrogen and oxygen atoms in total. The number of aromatic nitrogens is 2. The van der Waals surface area contributed by atoms with Crippen LogP contribution in [0.25, 0.3) is 11.7 Å². The Morgan fingerprint density at radius 2 is 2.41 bits per heavy atom. The molecule has 0 radical (unpaired) electrons. The fourth-order valence-corrected chi connectivity index (χ4v) is 1.15. The number of hydrogen-bond donors (Lipinski definition) is 2. The third kappa shape index (κ3) is 2.70. The van der Waals surface area contributed by atoms with Crippen LogP contribution in [-0.4, -0.2) is 27.3 Å². The average Bonchev–Trinajstić information content (AvgIpc) is 2.95. The van der Waals surface area contributed by atoms with Crippen LogP contribution in [0, 0.1) is 0 Å². The molecular formula is C10H11N3O4. The van der Waals surface area contributed by atoms with Gasteiger partial charge in [-0.15, -0.1) is 10.2 Å². The van der Waals surface area contributed by atoms with Gasteiger partial charge in [-0.25, -0.2) is 0 Å². The Labute approximate surface area is 96.5 Å². The van der Waals surface area contributed by atoms with Crippen molar-refractivity contribution in [3.63, 3.8) is 0 Å². The van der Waals surface area contributed by atoms with Crippen molar-refractivity contribution in [3.05, 3.63) is 24.3 Å². The van der Waals surface area contributed by atoms with Gasteiger partial charge in [0.1, 0.15) is 6.04 Å². The Morgan fingerprint density at radius 1 is 1.59 bits per heavy atom. The number of rotatable bonds is 5. The quantitative estimate of drug-likeness (QED) is 0.796. The van der Waals surface area contributed by atoms with Crippen LogP contribution in [0.4, 0.5) is 0 Å². The van der Waals surface area contributed by atoms with E-state index >= 15 is 0 Å². The smallest absolute Gasteiger partial charge is 0.320 e. The molecule has 2 rings (SSSR count). The second kappa shape index (κ2) is 4.79. The van der Waals surface area contributed by atoms with E-state index in [0.717, 1.165) is 0 Å². The van der Waals surface area contributed by atoms with Crippen LogP contribution in [0.1, 0.15) is 12.8 Å². The molecule has 0 aromatic carbocycles. The number of nitrogens with zero attached hydrogens (tertiary/aromatic N) is 2. The highest BCUT2D eigenvalue weighted by Gasteiger charge is 2.14. The third-order valence-corrected chi connectivity index (χ3v) is 2.13. The van der Waals surface area contributed by atoms with E-state index in [1.54, 1.807) is 12.1 Å². The van der Waals surface area contributed by atoms with E-state index in [2.05, 4.69) is 15.5 Å². The normalized spacial score (nSPS) is 12.5. The standard InChI is InChI=1S/C10H11N3O4/c1-6(10(14)15)11-5-8-12-13-9(17-8)7-3-2-4-16-7/h2-4,6,11H,5H2,1H3,(H,14,15)/t6-/m0/s1. The monoisotopic (exact) mass is 237 g/mol. The molecule has 0 aliphatic rings. The number of nitrogens with one attached hydrogen (secondary N) is 1. The van der Waals surface area contributed by atoms with Gasteiger partial charge in [-0.2, -0.15) is 0 Å². The number of carboxylic acids is 1. The Kier molecular flexibility index (Phi) is 3.20. The first-order valence-corrected chi connectivity index (χ1v) is 4.99. The van der Waals surface area contributed by atoms with Crippen LogP contribution in [-0.2, 0) is 11.3 Å². The molecule has 2 N–H and O–H groups in total. The van der Waals surface area contributed by atoms with Gasteiger partial charge in [0, 0.05) is 0 Å². The summed E-state index contributed by atoms with van der Waals surface area (Å²) in [6.07, 6.45) is 1.50. The first-order valence-electron chi connectivity index (χ1n) is 4.99. The van der Waals surface area contributed by atoms with Crippen LogP contribution in [0.5, 0.6) is 0 Å². The van der Waals surface area contributed by atoms with Gasteiger partial charge in [0.25, 0.3) is 5.89 Å². The minimum Gasteiger partial charge on any atom is -0.480 e. The molecule has 17 heavy (non-hydrogen) atoms. The lowest BCUT2D eigenvalue weighted by molar-refractivity contribution is -0.139. The average molecular weight is 237 g/mol. The van der Waals surface area contributed by atoms with Gasteiger partial charge in [-0.1, -0.05) is 0 Å². The van der Waals surface area contributed by atoms with Crippen LogP contribution >= 0.6 is 0 Å². The number of carbonyl (C=O) groups is 1. The second-order valence-electron chi connectivity index (χ2n) is 3.42. The van der Waals surface area contributed by atoms with Gasteiger partial charge in [-0.05, 0) is 19.1 Å². The van der Waals surface area contributed by atoms with E-state index in [0.29, 0.717) is 11.7 Å². The lowest BCUT2D eigenvalue weighted by Gasteiger charge is -2.05. The number of hydrogen-bond acceptors (Lipinski definition) is 6. The highest BCUT2D eigenvalue weighted by molar-refractivity contribution is 5.72. The SMILES string of the molecule is C[C@H](NCc1nnc(-c2ccco2)o1)C(=O)O. The summed E-state index contributed by atoms with van der Waals surface area (Å²) in [6, 6.07) is 2.74. The van der Waals surface area contributed by atoms with Crippen molar-refractivity contribution < 1.29 is 18.7 Å². The van der Waals surface area contributed by atoms with Crippen LogP contribution in [0.15, 0.2) is 27.2 Å². The maximum absolute atomic E-state index is 10.6. The van der Waals surface area contributed by atoms with Crippen molar-refractivity contribution >= 4 is 5.97 Å². The van der Waals surface area contributed by atoms with Gasteiger partial charge >= 0.3 is 5.97 Å². The van der Waals surface area contributed by atoms with Gasteiger partial charge in [0.05, 0.1) is 12.8 Å². The summed E-state index contributed by atoms with van der Waals surface area (Å²) in [4.78, 5) is 10.6. The largest absolute Gasteiger partial charge is 0.480 e. The molecule has 2 aromatic rings. The fraction of sp³-hybridized carbons (Fsp3) is 0.300. The predicted octanol–water partition coefficient (Wildman–Crippen LogP) is 0.892. The molecule has 0 bridgehead atoms. The molecule has 0 spiro atoms. The first-order chi connectivity index (χ1) is 8.16. The number of furan rings is 1. The molecule has 0 saturated carbocycles. The lowest BCUT2D eigenvalue weighted by Crippen LogP contribution is -2.33. The van der Waals surface area contributed by atoms with E-state index < -0.39 is 12.0 Å². The highest BCUT2D eigenvalue weighted by Crippen LogP contribution is 2.17. The zero-order chi connectivity index (χ0) is 12.3. The van der Waals surface area contributed by atoms with Crippen LogP contribution in [0.2, 0.25) is 0 Å². The molecular weight excluding hydrogens is 226 g/mol. The van der Waals surface area contributed by atoms with Gasteiger partial charge in [0.15, 0.2) is 5.76 Å². The molecule has 0 amide bonds. The van der Waals surface area contributed by atoms with Crippen molar-refractivity contribution in [3.8, 4) is 11.7 Å². The van der Waals surface area contributed by atoms with Crippen molar-refractivity contribution in [2.75, 3.05) is 0 Å². The van der Waals surface area contributed by atoms with Crippen molar-refractivity contribution in [2.24, 2.45) is 0 Å². The summed E-state index contributed by atoms with van der Waals surface area (Å²) in [6.45, 7) is 1.73. The summed E-state index contributed by atoms with van der Waals surface area (Å²) in [5, 5.41) is 19.0. The maximum atomic E-state index is 10.6. The minimum atomic E-state index is -0.934.